The van der Waals surface area contributed by atoms with Gasteiger partial charge in [0.25, 0.3) is 5.56 Å². The van der Waals surface area contributed by atoms with Gasteiger partial charge < -0.3 is 10.3 Å². The molecule has 0 bridgehead atoms. The lowest BCUT2D eigenvalue weighted by Crippen LogP contribution is -2.35. The summed E-state index contributed by atoms with van der Waals surface area (Å²) >= 11 is 0. The van der Waals surface area contributed by atoms with Crippen molar-refractivity contribution in [3.05, 3.63) is 61.7 Å². The van der Waals surface area contributed by atoms with Crippen LogP contribution in [-0.2, 0) is 11.2 Å². The van der Waals surface area contributed by atoms with E-state index in [0.29, 0.717) is 11.6 Å². The zero-order valence-corrected chi connectivity index (χ0v) is 13.7. The van der Waals surface area contributed by atoms with Gasteiger partial charge in [0.2, 0.25) is 5.91 Å². The Morgan fingerprint density at radius 3 is 2.67 bits per heavy atom. The van der Waals surface area contributed by atoms with Crippen molar-refractivity contribution in [2.24, 2.45) is 5.92 Å². The van der Waals surface area contributed by atoms with Crippen LogP contribution in [0.1, 0.15) is 41.5 Å². The van der Waals surface area contributed by atoms with Crippen molar-refractivity contribution in [1.82, 2.24) is 20.3 Å². The summed E-state index contributed by atoms with van der Waals surface area (Å²) < 4.78 is 0. The van der Waals surface area contributed by atoms with Crippen LogP contribution in [0.4, 0.5) is 0 Å². The summed E-state index contributed by atoms with van der Waals surface area (Å²) in [6.07, 6.45) is 2.03. The number of hydrogen-bond donors (Lipinski definition) is 3. The minimum Gasteiger partial charge on any atom is -0.347 e. The average molecular weight is 328 g/mol. The first kappa shape index (κ1) is 16.2. The number of nitrogens with zero attached hydrogens (tertiary/aromatic N) is 1. The van der Waals surface area contributed by atoms with Gasteiger partial charge in [-0.25, -0.2) is 4.79 Å². The van der Waals surface area contributed by atoms with Crippen LogP contribution in [-0.4, -0.2) is 20.9 Å². The third kappa shape index (κ3) is 3.61. The highest BCUT2D eigenvalue weighted by Crippen LogP contribution is 2.40. The summed E-state index contributed by atoms with van der Waals surface area (Å²) in [5.41, 5.74) is 1.34. The molecular weight excluding hydrogens is 308 g/mol. The van der Waals surface area contributed by atoms with Crippen LogP contribution in [0.25, 0.3) is 0 Å². The third-order valence-corrected chi connectivity index (χ3v) is 4.23. The Kier molecular flexibility index (Phi) is 4.33. The van der Waals surface area contributed by atoms with Gasteiger partial charge in [-0.15, -0.1) is 0 Å². The van der Waals surface area contributed by atoms with Crippen molar-refractivity contribution < 1.29 is 4.79 Å². The molecule has 7 heteroatoms. The minimum atomic E-state index is -0.568. The molecule has 1 saturated carbocycles. The van der Waals surface area contributed by atoms with Crippen molar-refractivity contribution in [3.8, 4) is 0 Å². The van der Waals surface area contributed by atoms with Crippen LogP contribution < -0.4 is 16.6 Å². The number of pyridine rings is 1. The molecule has 2 aromatic heterocycles. The Balaban J connectivity index is 1.78. The molecule has 7 nitrogen and oxygen atoms in total. The predicted octanol–water partition coefficient (Wildman–Crippen LogP) is 0.885. The zero-order valence-electron chi connectivity index (χ0n) is 13.7. The molecule has 0 radical (unpaired) electrons. The summed E-state index contributed by atoms with van der Waals surface area (Å²) in [5.74, 6) is 0.133. The quantitative estimate of drug-likeness (QED) is 0.757. The van der Waals surface area contributed by atoms with E-state index in [1.54, 1.807) is 6.92 Å². The molecule has 1 aliphatic carbocycles. The number of carbonyl (C=O) groups excluding carboxylic acids is 1. The van der Waals surface area contributed by atoms with Crippen LogP contribution in [0.2, 0.25) is 0 Å². The van der Waals surface area contributed by atoms with E-state index in [1.165, 1.54) is 0 Å². The zero-order chi connectivity index (χ0) is 17.3. The molecule has 1 fully saturated rings. The molecule has 2 aromatic rings. The Bertz CT molecular complexity index is 880. The number of amides is 1. The maximum Gasteiger partial charge on any atom is 0.325 e. The van der Waals surface area contributed by atoms with Gasteiger partial charge in [0.15, 0.2) is 0 Å². The van der Waals surface area contributed by atoms with E-state index >= 15 is 0 Å². The fourth-order valence-corrected chi connectivity index (χ4v) is 2.82. The molecule has 24 heavy (non-hydrogen) atoms. The van der Waals surface area contributed by atoms with Gasteiger partial charge in [-0.05, 0) is 44.7 Å². The summed E-state index contributed by atoms with van der Waals surface area (Å²) in [7, 11) is 0. The topological polar surface area (TPSA) is 108 Å². The predicted molar refractivity (Wildman–Crippen MR) is 88.7 cm³/mol. The first-order valence-corrected chi connectivity index (χ1v) is 7.99. The summed E-state index contributed by atoms with van der Waals surface area (Å²) in [6.45, 7) is 3.53. The van der Waals surface area contributed by atoms with Gasteiger partial charge in [0.05, 0.1) is 18.2 Å². The molecule has 0 unspecified atom stereocenters. The number of aromatic nitrogens is 3. The lowest BCUT2D eigenvalue weighted by atomic mass is 10.1. The molecule has 126 valence electrons. The fourth-order valence-electron chi connectivity index (χ4n) is 2.82. The van der Waals surface area contributed by atoms with Crippen molar-refractivity contribution in [1.29, 1.82) is 0 Å². The number of aryl methyl sites for hydroxylation is 2. The van der Waals surface area contributed by atoms with Crippen molar-refractivity contribution in [2.45, 2.75) is 39.2 Å². The van der Waals surface area contributed by atoms with Crippen LogP contribution in [0, 0.1) is 19.8 Å². The van der Waals surface area contributed by atoms with Crippen molar-refractivity contribution in [2.75, 3.05) is 0 Å². The third-order valence-electron chi connectivity index (χ3n) is 4.23. The van der Waals surface area contributed by atoms with E-state index in [1.807, 2.05) is 25.1 Å². The maximum absolute atomic E-state index is 12.4. The number of H-pyrrole nitrogens is 2. The van der Waals surface area contributed by atoms with Gasteiger partial charge in [-0.2, -0.15) is 0 Å². The second kappa shape index (κ2) is 6.43. The molecular formula is C17H20N4O3. The molecule has 0 saturated heterocycles. The Labute approximate surface area is 138 Å². The molecule has 3 N–H and O–H groups in total. The number of aromatic amines is 2. The van der Waals surface area contributed by atoms with Crippen molar-refractivity contribution >= 4 is 5.91 Å². The van der Waals surface area contributed by atoms with Crippen molar-refractivity contribution in [3.63, 3.8) is 0 Å². The van der Waals surface area contributed by atoms with Crippen LogP contribution in [0.3, 0.4) is 0 Å². The number of rotatable bonds is 5. The first-order valence-electron chi connectivity index (χ1n) is 7.99. The van der Waals surface area contributed by atoms with E-state index in [2.05, 4.69) is 20.3 Å². The summed E-state index contributed by atoms with van der Waals surface area (Å²) in [4.78, 5) is 44.7. The normalized spacial score (nSPS) is 15.1. The molecule has 0 spiro atoms. The molecule has 1 atom stereocenters. The van der Waals surface area contributed by atoms with Gasteiger partial charge in [0.1, 0.15) is 0 Å². The van der Waals surface area contributed by atoms with Gasteiger partial charge in [-0.3, -0.25) is 19.6 Å². The minimum absolute atomic E-state index is 0.0764. The van der Waals surface area contributed by atoms with E-state index in [4.69, 9.17) is 0 Å². The second-order valence-corrected chi connectivity index (χ2v) is 6.28. The smallest absolute Gasteiger partial charge is 0.325 e. The lowest BCUT2D eigenvalue weighted by Gasteiger charge is -2.18. The molecule has 3 rings (SSSR count). The Hall–Kier alpha value is -2.70. The fraction of sp³-hybridized carbons (Fsp3) is 0.412. The molecule has 1 aliphatic rings. The molecule has 1 amide bonds. The van der Waals surface area contributed by atoms with E-state index in [0.717, 1.165) is 24.2 Å². The largest absolute Gasteiger partial charge is 0.347 e. The van der Waals surface area contributed by atoms with Crippen LogP contribution >= 0.6 is 0 Å². The van der Waals surface area contributed by atoms with Gasteiger partial charge in [0, 0.05) is 17.0 Å². The van der Waals surface area contributed by atoms with Gasteiger partial charge >= 0.3 is 5.69 Å². The highest BCUT2D eigenvalue weighted by Gasteiger charge is 2.34. The Morgan fingerprint density at radius 2 is 2.04 bits per heavy atom. The number of carbonyl (C=O) groups is 1. The van der Waals surface area contributed by atoms with Crippen LogP contribution in [0.5, 0.6) is 0 Å². The average Bonchev–Trinajstić information content (AvgIpc) is 3.33. The highest BCUT2D eigenvalue weighted by molar-refractivity contribution is 5.79. The molecule has 0 aromatic carbocycles. The van der Waals surface area contributed by atoms with Gasteiger partial charge in [-0.1, -0.05) is 6.07 Å². The lowest BCUT2D eigenvalue weighted by molar-refractivity contribution is -0.121. The SMILES string of the molecule is Cc1cccc([C@H](NC(=O)Cc2c(C)[nH]c(=O)[nH]c2=O)C2CC2)n1. The van der Waals surface area contributed by atoms with E-state index in [-0.39, 0.29) is 23.9 Å². The maximum atomic E-state index is 12.4. The number of nitrogens with one attached hydrogen (secondary N) is 3. The molecule has 0 aliphatic heterocycles. The second-order valence-electron chi connectivity index (χ2n) is 6.28. The summed E-state index contributed by atoms with van der Waals surface area (Å²) in [6, 6.07) is 5.61. The number of hydrogen-bond acceptors (Lipinski definition) is 4. The highest BCUT2D eigenvalue weighted by atomic mass is 16.2. The van der Waals surface area contributed by atoms with E-state index < -0.39 is 11.2 Å². The monoisotopic (exact) mass is 328 g/mol. The van der Waals surface area contributed by atoms with Crippen LogP contribution in [0.15, 0.2) is 27.8 Å². The van der Waals surface area contributed by atoms with E-state index in [9.17, 15) is 14.4 Å². The first-order chi connectivity index (χ1) is 11.4. The molecule has 2 heterocycles. The standard InChI is InChI=1S/C17H20N4O3/c1-9-4-3-5-13(18-9)15(11-6-7-11)20-14(22)8-12-10(2)19-17(24)21-16(12)23/h3-5,11,15H,6-8H2,1-2H3,(H,20,22)(H2,19,21,23,24)/t15-/m1/s1. The Morgan fingerprint density at radius 1 is 1.29 bits per heavy atom. The summed E-state index contributed by atoms with van der Waals surface area (Å²) in [5, 5.41) is 2.99.